The second-order valence-electron chi connectivity index (χ2n) is 6.21. The van der Waals surface area contributed by atoms with Crippen LogP contribution in [-0.4, -0.2) is 11.1 Å². The molecule has 0 aliphatic heterocycles. The molecule has 1 saturated carbocycles. The summed E-state index contributed by atoms with van der Waals surface area (Å²) in [5.41, 5.74) is 2.95. The summed E-state index contributed by atoms with van der Waals surface area (Å²) < 4.78 is 0. The zero-order valence-electron chi connectivity index (χ0n) is 12.6. The normalized spacial score (nSPS) is 24.3. The van der Waals surface area contributed by atoms with E-state index < -0.39 is 5.97 Å². The van der Waals surface area contributed by atoms with Crippen molar-refractivity contribution in [1.29, 1.82) is 0 Å². The predicted octanol–water partition coefficient (Wildman–Crippen LogP) is 4.95. The zero-order valence-corrected chi connectivity index (χ0v) is 12.6. The lowest BCUT2D eigenvalue weighted by Gasteiger charge is -2.29. The maximum atomic E-state index is 11.1. The van der Waals surface area contributed by atoms with Crippen molar-refractivity contribution < 1.29 is 9.90 Å². The maximum absolute atomic E-state index is 11.1. The largest absolute Gasteiger partial charge is 0.481 e. The van der Waals surface area contributed by atoms with Crippen molar-refractivity contribution in [3.63, 3.8) is 0 Å². The SMILES string of the molecule is CCC[C@H](C)c1ccccc1C1CCC(C(=O)O)CC1. The van der Waals surface area contributed by atoms with Crippen LogP contribution in [0.25, 0.3) is 0 Å². The molecule has 1 aromatic carbocycles. The quantitative estimate of drug-likeness (QED) is 0.825. The van der Waals surface area contributed by atoms with Crippen LogP contribution in [0.15, 0.2) is 24.3 Å². The average Bonchev–Trinajstić information content (AvgIpc) is 2.47. The van der Waals surface area contributed by atoms with Crippen LogP contribution in [0.4, 0.5) is 0 Å². The second-order valence-corrected chi connectivity index (χ2v) is 6.21. The lowest BCUT2D eigenvalue weighted by Crippen LogP contribution is -2.21. The van der Waals surface area contributed by atoms with E-state index in [2.05, 4.69) is 38.1 Å². The van der Waals surface area contributed by atoms with Crippen LogP contribution in [0.2, 0.25) is 0 Å². The number of benzene rings is 1. The van der Waals surface area contributed by atoms with E-state index >= 15 is 0 Å². The van der Waals surface area contributed by atoms with E-state index in [1.54, 1.807) is 0 Å². The number of hydrogen-bond donors (Lipinski definition) is 1. The summed E-state index contributed by atoms with van der Waals surface area (Å²) in [5.74, 6) is 0.428. The Labute approximate surface area is 122 Å². The van der Waals surface area contributed by atoms with E-state index in [0.29, 0.717) is 11.8 Å². The highest BCUT2D eigenvalue weighted by Gasteiger charge is 2.28. The van der Waals surface area contributed by atoms with Gasteiger partial charge in [0.2, 0.25) is 0 Å². The Bertz CT molecular complexity index is 444. The molecule has 2 nitrogen and oxygen atoms in total. The van der Waals surface area contributed by atoms with Gasteiger partial charge in [0.25, 0.3) is 0 Å². The van der Waals surface area contributed by atoms with E-state index in [-0.39, 0.29) is 5.92 Å². The third-order valence-electron chi connectivity index (χ3n) is 4.76. The van der Waals surface area contributed by atoms with Gasteiger partial charge in [0.1, 0.15) is 0 Å². The van der Waals surface area contributed by atoms with Gasteiger partial charge in [-0.1, -0.05) is 44.5 Å². The van der Waals surface area contributed by atoms with E-state index in [9.17, 15) is 4.79 Å². The van der Waals surface area contributed by atoms with Gasteiger partial charge in [0.05, 0.1) is 5.92 Å². The van der Waals surface area contributed by atoms with Crippen LogP contribution in [0.3, 0.4) is 0 Å². The van der Waals surface area contributed by atoms with Crippen molar-refractivity contribution in [3.8, 4) is 0 Å². The van der Waals surface area contributed by atoms with E-state index in [4.69, 9.17) is 5.11 Å². The Balaban J connectivity index is 2.11. The summed E-state index contributed by atoms with van der Waals surface area (Å²) >= 11 is 0. The van der Waals surface area contributed by atoms with E-state index in [0.717, 1.165) is 25.7 Å². The Morgan fingerprint density at radius 3 is 2.50 bits per heavy atom. The molecule has 20 heavy (non-hydrogen) atoms. The van der Waals surface area contributed by atoms with Gasteiger partial charge in [-0.05, 0) is 55.1 Å². The molecule has 1 aliphatic carbocycles. The third kappa shape index (κ3) is 3.41. The minimum Gasteiger partial charge on any atom is -0.481 e. The summed E-state index contributed by atoms with van der Waals surface area (Å²) in [4.78, 5) is 11.1. The molecule has 0 radical (unpaired) electrons. The monoisotopic (exact) mass is 274 g/mol. The highest BCUT2D eigenvalue weighted by Crippen LogP contribution is 2.39. The van der Waals surface area contributed by atoms with Gasteiger partial charge < -0.3 is 5.11 Å². The molecule has 0 heterocycles. The Hall–Kier alpha value is -1.31. The molecule has 110 valence electrons. The number of carboxylic acid groups (broad SMARTS) is 1. The molecule has 1 aliphatic rings. The molecule has 1 fully saturated rings. The highest BCUT2D eigenvalue weighted by atomic mass is 16.4. The summed E-state index contributed by atoms with van der Waals surface area (Å²) in [5, 5.41) is 9.11. The standard InChI is InChI=1S/C18H26O2/c1-3-6-13(2)16-7-4-5-8-17(16)14-9-11-15(12-10-14)18(19)20/h4-5,7-8,13-15H,3,6,9-12H2,1-2H3,(H,19,20)/t13-,14?,15?/m0/s1. The van der Waals surface area contributed by atoms with Gasteiger partial charge >= 0.3 is 5.97 Å². The zero-order chi connectivity index (χ0) is 14.5. The lowest BCUT2D eigenvalue weighted by molar-refractivity contribution is -0.142. The Kier molecular flexibility index (Phi) is 5.22. The Morgan fingerprint density at radius 1 is 1.25 bits per heavy atom. The summed E-state index contributed by atoms with van der Waals surface area (Å²) in [6.07, 6.45) is 6.13. The van der Waals surface area contributed by atoms with Crippen LogP contribution in [0.1, 0.15) is 75.3 Å². The van der Waals surface area contributed by atoms with Gasteiger partial charge in [-0.15, -0.1) is 0 Å². The first kappa shape index (κ1) is 15.1. The van der Waals surface area contributed by atoms with E-state index in [1.165, 1.54) is 24.0 Å². The molecule has 2 heteroatoms. The summed E-state index contributed by atoms with van der Waals surface area (Å²) in [6.45, 7) is 4.54. The molecule has 0 saturated heterocycles. The highest BCUT2D eigenvalue weighted by molar-refractivity contribution is 5.70. The molecule has 0 amide bonds. The first-order valence-corrected chi connectivity index (χ1v) is 7.95. The molecular weight excluding hydrogens is 248 g/mol. The molecule has 1 atom stereocenters. The smallest absolute Gasteiger partial charge is 0.306 e. The molecule has 0 unspecified atom stereocenters. The van der Waals surface area contributed by atoms with Crippen molar-refractivity contribution in [2.45, 2.75) is 64.2 Å². The minimum atomic E-state index is -0.615. The fourth-order valence-electron chi connectivity index (χ4n) is 3.57. The first-order chi connectivity index (χ1) is 9.63. The fourth-order valence-corrected chi connectivity index (χ4v) is 3.57. The number of rotatable bonds is 5. The van der Waals surface area contributed by atoms with Gasteiger partial charge in [-0.3, -0.25) is 4.79 Å². The van der Waals surface area contributed by atoms with Crippen molar-refractivity contribution >= 4 is 5.97 Å². The molecule has 1 aromatic rings. The van der Waals surface area contributed by atoms with Crippen LogP contribution >= 0.6 is 0 Å². The average molecular weight is 274 g/mol. The van der Waals surface area contributed by atoms with Gasteiger partial charge in [-0.25, -0.2) is 0 Å². The minimum absolute atomic E-state index is 0.119. The number of carbonyl (C=O) groups is 1. The molecule has 1 N–H and O–H groups in total. The van der Waals surface area contributed by atoms with Gasteiger partial charge in [0.15, 0.2) is 0 Å². The van der Waals surface area contributed by atoms with Crippen molar-refractivity contribution in [2.24, 2.45) is 5.92 Å². The van der Waals surface area contributed by atoms with Crippen LogP contribution in [0.5, 0.6) is 0 Å². The summed E-state index contributed by atoms with van der Waals surface area (Å²) in [7, 11) is 0. The fraction of sp³-hybridized carbons (Fsp3) is 0.611. The number of hydrogen-bond acceptors (Lipinski definition) is 1. The van der Waals surface area contributed by atoms with E-state index in [1.807, 2.05) is 0 Å². The third-order valence-corrected chi connectivity index (χ3v) is 4.76. The first-order valence-electron chi connectivity index (χ1n) is 7.95. The molecular formula is C18H26O2. The molecule has 0 bridgehead atoms. The van der Waals surface area contributed by atoms with Crippen LogP contribution < -0.4 is 0 Å². The van der Waals surface area contributed by atoms with Crippen molar-refractivity contribution in [2.75, 3.05) is 0 Å². The van der Waals surface area contributed by atoms with Crippen molar-refractivity contribution in [1.82, 2.24) is 0 Å². The predicted molar refractivity (Wildman–Crippen MR) is 82.1 cm³/mol. The lowest BCUT2D eigenvalue weighted by atomic mass is 9.76. The van der Waals surface area contributed by atoms with Gasteiger partial charge in [0, 0.05) is 0 Å². The van der Waals surface area contributed by atoms with Crippen LogP contribution in [0, 0.1) is 5.92 Å². The number of carboxylic acids is 1. The topological polar surface area (TPSA) is 37.3 Å². The maximum Gasteiger partial charge on any atom is 0.306 e. The van der Waals surface area contributed by atoms with Crippen LogP contribution in [-0.2, 0) is 4.79 Å². The Morgan fingerprint density at radius 2 is 1.90 bits per heavy atom. The number of aliphatic carboxylic acids is 1. The summed E-state index contributed by atoms with van der Waals surface area (Å²) in [6, 6.07) is 8.78. The molecule has 0 spiro atoms. The van der Waals surface area contributed by atoms with Gasteiger partial charge in [-0.2, -0.15) is 0 Å². The van der Waals surface area contributed by atoms with Crippen molar-refractivity contribution in [3.05, 3.63) is 35.4 Å². The molecule has 0 aromatic heterocycles. The molecule has 2 rings (SSSR count). The second kappa shape index (κ2) is 6.92.